The fourth-order valence-corrected chi connectivity index (χ4v) is 0.632. The fourth-order valence-electron chi connectivity index (χ4n) is 0.632. The Hall–Kier alpha value is -1.14. The quantitative estimate of drug-likeness (QED) is 0.515. The SMILES string of the molecule is CCCOC(=O)CCC(=O)CN.O=C(O)CCl. The lowest BCUT2D eigenvalue weighted by atomic mass is 10.2. The minimum atomic E-state index is -0.980. The van der Waals surface area contributed by atoms with E-state index in [9.17, 15) is 14.4 Å². The summed E-state index contributed by atoms with van der Waals surface area (Å²) in [5.74, 6) is -1.71. The van der Waals surface area contributed by atoms with Crippen molar-refractivity contribution in [3.8, 4) is 0 Å². The Kier molecular flexibility index (Phi) is 13.9. The number of carboxylic acids is 1. The summed E-state index contributed by atoms with van der Waals surface area (Å²) in [6.07, 6.45) is 1.14. The van der Waals surface area contributed by atoms with Crippen LogP contribution < -0.4 is 5.73 Å². The zero-order valence-corrected chi connectivity index (χ0v) is 10.5. The first-order valence-corrected chi connectivity index (χ1v) is 5.66. The Morgan fingerprint density at radius 2 is 1.82 bits per heavy atom. The monoisotopic (exact) mass is 267 g/mol. The van der Waals surface area contributed by atoms with E-state index in [2.05, 4.69) is 0 Å². The lowest BCUT2D eigenvalue weighted by Gasteiger charge is -2.01. The molecule has 0 aromatic carbocycles. The molecular formula is C10H18ClNO5. The van der Waals surface area contributed by atoms with Crippen LogP contribution in [0.1, 0.15) is 26.2 Å². The standard InChI is InChI=1S/C8H15NO3.C2H3ClO2/c1-2-5-12-8(11)4-3-7(10)6-9;3-1-2(4)5/h2-6,9H2,1H3;1H2,(H,4,5). The van der Waals surface area contributed by atoms with Gasteiger partial charge in [-0.25, -0.2) is 0 Å². The number of alkyl halides is 1. The van der Waals surface area contributed by atoms with Crippen LogP contribution in [0.3, 0.4) is 0 Å². The molecule has 0 aromatic heterocycles. The number of halogens is 1. The molecule has 7 heteroatoms. The van der Waals surface area contributed by atoms with Crippen molar-refractivity contribution in [3.63, 3.8) is 0 Å². The summed E-state index contributed by atoms with van der Waals surface area (Å²) < 4.78 is 4.75. The van der Waals surface area contributed by atoms with E-state index < -0.39 is 5.97 Å². The Morgan fingerprint density at radius 1 is 1.29 bits per heavy atom. The number of hydrogen-bond donors (Lipinski definition) is 2. The third-order valence-corrected chi connectivity index (χ3v) is 1.65. The molecule has 0 rings (SSSR count). The minimum Gasteiger partial charge on any atom is -0.480 e. The number of hydrogen-bond acceptors (Lipinski definition) is 5. The molecule has 0 atom stereocenters. The second kappa shape index (κ2) is 12.9. The Balaban J connectivity index is 0. The largest absolute Gasteiger partial charge is 0.480 e. The highest BCUT2D eigenvalue weighted by Gasteiger charge is 2.05. The van der Waals surface area contributed by atoms with E-state index in [1.54, 1.807) is 0 Å². The van der Waals surface area contributed by atoms with Gasteiger partial charge in [0.1, 0.15) is 11.7 Å². The fraction of sp³-hybridized carbons (Fsp3) is 0.700. The van der Waals surface area contributed by atoms with Crippen LogP contribution in [-0.2, 0) is 19.1 Å². The number of Topliss-reactive ketones (excluding diaryl/α,β-unsaturated/α-hetero) is 1. The van der Waals surface area contributed by atoms with Gasteiger partial charge < -0.3 is 15.6 Å². The van der Waals surface area contributed by atoms with Gasteiger partial charge in [0.15, 0.2) is 0 Å². The van der Waals surface area contributed by atoms with E-state index in [0.29, 0.717) is 6.61 Å². The van der Waals surface area contributed by atoms with Crippen LogP contribution in [0, 0.1) is 0 Å². The molecule has 0 aliphatic heterocycles. The van der Waals surface area contributed by atoms with Gasteiger partial charge in [-0.05, 0) is 6.42 Å². The maximum Gasteiger partial charge on any atom is 0.318 e. The molecule has 0 aromatic rings. The van der Waals surface area contributed by atoms with Gasteiger partial charge in [-0.3, -0.25) is 14.4 Å². The summed E-state index contributed by atoms with van der Waals surface area (Å²) in [5.41, 5.74) is 5.06. The van der Waals surface area contributed by atoms with Crippen LogP contribution in [0.2, 0.25) is 0 Å². The van der Waals surface area contributed by atoms with Crippen molar-refractivity contribution >= 4 is 29.3 Å². The molecule has 0 bridgehead atoms. The normalized spacial score (nSPS) is 8.88. The average molecular weight is 268 g/mol. The maximum atomic E-state index is 10.8. The molecule has 0 saturated heterocycles. The molecule has 0 saturated carbocycles. The van der Waals surface area contributed by atoms with Gasteiger partial charge in [0, 0.05) is 6.42 Å². The molecule has 6 nitrogen and oxygen atoms in total. The number of ether oxygens (including phenoxy) is 1. The molecule has 0 spiro atoms. The van der Waals surface area contributed by atoms with Gasteiger partial charge in [-0.2, -0.15) is 0 Å². The van der Waals surface area contributed by atoms with Crippen LogP contribution >= 0.6 is 11.6 Å². The lowest BCUT2D eigenvalue weighted by Crippen LogP contribution is -2.15. The van der Waals surface area contributed by atoms with E-state index in [1.165, 1.54) is 0 Å². The minimum absolute atomic E-state index is 0.00105. The van der Waals surface area contributed by atoms with E-state index >= 15 is 0 Å². The zero-order chi connectivity index (χ0) is 13.7. The number of carbonyl (C=O) groups excluding carboxylic acids is 2. The molecule has 0 aliphatic carbocycles. The first-order chi connectivity index (χ1) is 7.97. The highest BCUT2D eigenvalue weighted by molar-refractivity contribution is 6.26. The molecule has 0 amide bonds. The van der Waals surface area contributed by atoms with E-state index in [4.69, 9.17) is 27.2 Å². The van der Waals surface area contributed by atoms with Gasteiger partial charge >= 0.3 is 11.9 Å². The van der Waals surface area contributed by atoms with E-state index in [1.807, 2.05) is 6.92 Å². The average Bonchev–Trinajstić information content (AvgIpc) is 2.33. The predicted octanol–water partition coefficient (Wildman–Crippen LogP) is 0.557. The van der Waals surface area contributed by atoms with Crippen LogP contribution in [0.4, 0.5) is 0 Å². The molecule has 17 heavy (non-hydrogen) atoms. The number of nitrogens with two attached hydrogens (primary N) is 1. The molecule has 0 fully saturated rings. The molecular weight excluding hydrogens is 250 g/mol. The number of ketones is 1. The Labute approximate surface area is 105 Å². The third kappa shape index (κ3) is 17.5. The Bertz CT molecular complexity index is 245. The zero-order valence-electron chi connectivity index (χ0n) is 9.78. The van der Waals surface area contributed by atoms with Crippen LogP contribution in [0.15, 0.2) is 0 Å². The molecule has 0 radical (unpaired) electrons. The van der Waals surface area contributed by atoms with Crippen molar-refractivity contribution in [2.75, 3.05) is 19.0 Å². The van der Waals surface area contributed by atoms with Crippen LogP contribution in [-0.4, -0.2) is 41.9 Å². The van der Waals surface area contributed by atoms with Crippen LogP contribution in [0.5, 0.6) is 0 Å². The molecule has 0 unspecified atom stereocenters. The number of aliphatic carboxylic acids is 1. The van der Waals surface area contributed by atoms with Crippen molar-refractivity contribution < 1.29 is 24.2 Å². The lowest BCUT2D eigenvalue weighted by molar-refractivity contribution is -0.144. The number of esters is 1. The summed E-state index contributed by atoms with van der Waals surface area (Å²) in [6.45, 7) is 2.34. The highest BCUT2D eigenvalue weighted by Crippen LogP contribution is 1.94. The molecule has 3 N–H and O–H groups in total. The molecule has 0 aliphatic rings. The van der Waals surface area contributed by atoms with Crippen molar-refractivity contribution in [1.82, 2.24) is 0 Å². The highest BCUT2D eigenvalue weighted by atomic mass is 35.5. The second-order valence-corrected chi connectivity index (χ2v) is 3.26. The van der Waals surface area contributed by atoms with E-state index in [-0.39, 0.29) is 37.0 Å². The summed E-state index contributed by atoms with van der Waals surface area (Å²) in [5, 5.41) is 7.59. The van der Waals surface area contributed by atoms with E-state index in [0.717, 1.165) is 6.42 Å². The van der Waals surface area contributed by atoms with Crippen molar-refractivity contribution in [3.05, 3.63) is 0 Å². The summed E-state index contributed by atoms with van der Waals surface area (Å²) in [6, 6.07) is 0. The van der Waals surface area contributed by atoms with Crippen molar-refractivity contribution in [2.24, 2.45) is 5.73 Å². The number of carboxylic acid groups (broad SMARTS) is 1. The predicted molar refractivity (Wildman–Crippen MR) is 62.9 cm³/mol. The van der Waals surface area contributed by atoms with Gasteiger partial charge in [-0.15, -0.1) is 11.6 Å². The van der Waals surface area contributed by atoms with Gasteiger partial charge in [0.2, 0.25) is 0 Å². The van der Waals surface area contributed by atoms with Crippen molar-refractivity contribution in [2.45, 2.75) is 26.2 Å². The van der Waals surface area contributed by atoms with Crippen molar-refractivity contribution in [1.29, 1.82) is 0 Å². The summed E-state index contributed by atoms with van der Waals surface area (Å²) in [7, 11) is 0. The first kappa shape index (κ1) is 18.2. The third-order valence-electron chi connectivity index (χ3n) is 1.42. The van der Waals surface area contributed by atoms with Crippen LogP contribution in [0.25, 0.3) is 0 Å². The second-order valence-electron chi connectivity index (χ2n) is 2.99. The number of carbonyl (C=O) groups is 3. The Morgan fingerprint density at radius 3 is 2.18 bits per heavy atom. The van der Waals surface area contributed by atoms with Gasteiger partial charge in [0.05, 0.1) is 19.6 Å². The van der Waals surface area contributed by atoms with Gasteiger partial charge in [-0.1, -0.05) is 6.92 Å². The van der Waals surface area contributed by atoms with Gasteiger partial charge in [0.25, 0.3) is 0 Å². The maximum absolute atomic E-state index is 10.8. The topological polar surface area (TPSA) is 107 Å². The smallest absolute Gasteiger partial charge is 0.318 e. The molecule has 0 heterocycles. The first-order valence-electron chi connectivity index (χ1n) is 5.13. The molecule has 100 valence electrons. The summed E-state index contributed by atoms with van der Waals surface area (Å²) in [4.78, 5) is 30.7. The summed E-state index contributed by atoms with van der Waals surface area (Å²) >= 11 is 4.74. The number of rotatable bonds is 7.